The van der Waals surface area contributed by atoms with Crippen LogP contribution in [-0.2, 0) is 14.3 Å². The minimum Gasteiger partial charge on any atom is -0.454 e. The van der Waals surface area contributed by atoms with E-state index in [1.807, 2.05) is 0 Å². The highest BCUT2D eigenvalue weighted by Crippen LogP contribution is 2.22. The minimum absolute atomic E-state index is 0.210. The van der Waals surface area contributed by atoms with Gasteiger partial charge in [0.25, 0.3) is 11.8 Å². The summed E-state index contributed by atoms with van der Waals surface area (Å²) in [4.78, 5) is 36.8. The summed E-state index contributed by atoms with van der Waals surface area (Å²) in [5.74, 6) is -1.75. The molecule has 1 unspecified atom stereocenters. The molecule has 2 N–H and O–H groups in total. The Morgan fingerprint density at radius 3 is 2.36 bits per heavy atom. The van der Waals surface area contributed by atoms with Gasteiger partial charge in [-0.15, -0.1) is 0 Å². The van der Waals surface area contributed by atoms with Crippen LogP contribution < -0.4 is 10.6 Å². The zero-order valence-electron chi connectivity index (χ0n) is 16.0. The van der Waals surface area contributed by atoms with Crippen LogP contribution in [0.2, 0.25) is 5.02 Å². The highest BCUT2D eigenvalue weighted by atomic mass is 35.5. The van der Waals surface area contributed by atoms with Crippen LogP contribution in [0.3, 0.4) is 0 Å². The number of ether oxygens (including phenoxy) is 1. The Morgan fingerprint density at radius 2 is 1.71 bits per heavy atom. The van der Waals surface area contributed by atoms with Crippen molar-refractivity contribution >= 4 is 35.1 Å². The first-order chi connectivity index (χ1) is 13.3. The molecule has 0 bridgehead atoms. The van der Waals surface area contributed by atoms with E-state index in [1.165, 1.54) is 0 Å². The number of halogens is 1. The average molecular weight is 403 g/mol. The van der Waals surface area contributed by atoms with E-state index >= 15 is 0 Å². The molecule has 0 spiro atoms. The predicted octanol–water partition coefficient (Wildman–Crippen LogP) is 3.58. The van der Waals surface area contributed by atoms with E-state index in [1.54, 1.807) is 69.3 Å². The van der Waals surface area contributed by atoms with Gasteiger partial charge >= 0.3 is 5.97 Å². The molecular formula is C21H23ClN2O4. The largest absolute Gasteiger partial charge is 0.454 e. The fourth-order valence-electron chi connectivity index (χ4n) is 2.47. The zero-order chi connectivity index (χ0) is 20.7. The highest BCUT2D eigenvalue weighted by molar-refractivity contribution is 6.31. The van der Waals surface area contributed by atoms with Crippen LogP contribution in [-0.4, -0.2) is 30.4 Å². The van der Waals surface area contributed by atoms with Crippen LogP contribution in [0, 0.1) is 12.8 Å². The number of hydrogen-bond acceptors (Lipinski definition) is 4. The standard InChI is InChI=1S/C21H23ClN2O4/c1-13(2)19(24-20(26)15-8-5-4-6-9-15)21(27)28-12-18(25)23-17-11-7-10-16(22)14(17)3/h4-11,13,19H,12H2,1-3H3,(H,23,25)(H,24,26). The van der Waals surface area contributed by atoms with E-state index in [-0.39, 0.29) is 11.8 Å². The first-order valence-corrected chi connectivity index (χ1v) is 9.25. The summed E-state index contributed by atoms with van der Waals surface area (Å²) in [6.07, 6.45) is 0. The van der Waals surface area contributed by atoms with E-state index in [9.17, 15) is 14.4 Å². The molecule has 0 aliphatic heterocycles. The van der Waals surface area contributed by atoms with Crippen molar-refractivity contribution in [1.82, 2.24) is 5.32 Å². The lowest BCUT2D eigenvalue weighted by atomic mass is 10.0. The second kappa shape index (κ2) is 9.90. The highest BCUT2D eigenvalue weighted by Gasteiger charge is 2.26. The Morgan fingerprint density at radius 1 is 1.04 bits per heavy atom. The number of benzene rings is 2. The molecule has 0 heterocycles. The van der Waals surface area contributed by atoms with E-state index in [2.05, 4.69) is 10.6 Å². The quantitative estimate of drug-likeness (QED) is 0.693. The molecule has 28 heavy (non-hydrogen) atoms. The normalized spacial score (nSPS) is 11.6. The second-order valence-electron chi connectivity index (χ2n) is 6.63. The van der Waals surface area contributed by atoms with E-state index < -0.39 is 24.5 Å². The lowest BCUT2D eigenvalue weighted by Gasteiger charge is -2.21. The number of esters is 1. The molecule has 2 amide bonds. The Kier molecular flexibility index (Phi) is 7.58. The molecule has 0 aromatic heterocycles. The summed E-state index contributed by atoms with van der Waals surface area (Å²) in [7, 11) is 0. The summed E-state index contributed by atoms with van der Waals surface area (Å²) in [5, 5.41) is 5.84. The fraction of sp³-hybridized carbons (Fsp3) is 0.286. The van der Waals surface area contributed by atoms with Gasteiger partial charge in [-0.05, 0) is 42.7 Å². The van der Waals surface area contributed by atoms with Crippen LogP contribution in [0.1, 0.15) is 29.8 Å². The molecule has 1 atom stereocenters. The van der Waals surface area contributed by atoms with Crippen molar-refractivity contribution in [2.24, 2.45) is 5.92 Å². The van der Waals surface area contributed by atoms with E-state index in [4.69, 9.17) is 16.3 Å². The summed E-state index contributed by atoms with van der Waals surface area (Å²) in [6, 6.07) is 12.8. The van der Waals surface area contributed by atoms with Crippen molar-refractivity contribution in [3.63, 3.8) is 0 Å². The molecular weight excluding hydrogens is 380 g/mol. The van der Waals surface area contributed by atoms with Crippen molar-refractivity contribution < 1.29 is 19.1 Å². The smallest absolute Gasteiger partial charge is 0.329 e. The zero-order valence-corrected chi connectivity index (χ0v) is 16.7. The number of carbonyl (C=O) groups excluding carboxylic acids is 3. The van der Waals surface area contributed by atoms with E-state index in [0.29, 0.717) is 16.3 Å². The number of rotatable bonds is 7. The topological polar surface area (TPSA) is 84.5 Å². The van der Waals surface area contributed by atoms with Crippen molar-refractivity contribution in [3.05, 3.63) is 64.7 Å². The average Bonchev–Trinajstić information content (AvgIpc) is 2.68. The molecule has 0 aliphatic rings. The maximum Gasteiger partial charge on any atom is 0.329 e. The number of nitrogens with one attached hydrogen (secondary N) is 2. The molecule has 7 heteroatoms. The lowest BCUT2D eigenvalue weighted by molar-refractivity contribution is -0.150. The summed E-state index contributed by atoms with van der Waals surface area (Å²) in [5.41, 5.74) is 1.71. The molecule has 148 valence electrons. The van der Waals surface area contributed by atoms with Crippen molar-refractivity contribution in [1.29, 1.82) is 0 Å². The monoisotopic (exact) mass is 402 g/mol. The van der Waals surface area contributed by atoms with Crippen LogP contribution in [0.5, 0.6) is 0 Å². The molecule has 0 saturated carbocycles. The van der Waals surface area contributed by atoms with Crippen LogP contribution >= 0.6 is 11.6 Å². The Bertz CT molecular complexity index is 853. The molecule has 0 radical (unpaired) electrons. The molecule has 6 nitrogen and oxygen atoms in total. The Labute approximate surface area is 169 Å². The van der Waals surface area contributed by atoms with Gasteiger partial charge in [0.1, 0.15) is 6.04 Å². The molecule has 0 aliphatic carbocycles. The van der Waals surface area contributed by atoms with Gasteiger partial charge in [-0.1, -0.05) is 49.7 Å². The van der Waals surface area contributed by atoms with Gasteiger partial charge in [-0.25, -0.2) is 4.79 Å². The number of hydrogen-bond donors (Lipinski definition) is 2. The van der Waals surface area contributed by atoms with Gasteiger partial charge in [0.2, 0.25) is 0 Å². The van der Waals surface area contributed by atoms with Crippen molar-refractivity contribution in [2.75, 3.05) is 11.9 Å². The Hall–Kier alpha value is -2.86. The summed E-state index contributed by atoms with van der Waals surface area (Å²) < 4.78 is 5.11. The fourth-order valence-corrected chi connectivity index (χ4v) is 2.64. The molecule has 2 rings (SSSR count). The third kappa shape index (κ3) is 5.82. The minimum atomic E-state index is -0.867. The van der Waals surface area contributed by atoms with Crippen LogP contribution in [0.25, 0.3) is 0 Å². The third-order valence-corrected chi connectivity index (χ3v) is 4.54. The van der Waals surface area contributed by atoms with Crippen molar-refractivity contribution in [3.8, 4) is 0 Å². The first kappa shape index (κ1) is 21.4. The second-order valence-corrected chi connectivity index (χ2v) is 7.04. The van der Waals surface area contributed by atoms with E-state index in [0.717, 1.165) is 5.56 Å². The van der Waals surface area contributed by atoms with Crippen molar-refractivity contribution in [2.45, 2.75) is 26.8 Å². The number of anilines is 1. The molecule has 0 saturated heterocycles. The maximum absolute atomic E-state index is 12.4. The van der Waals surface area contributed by atoms with Gasteiger partial charge in [0.15, 0.2) is 6.61 Å². The third-order valence-electron chi connectivity index (χ3n) is 4.13. The lowest BCUT2D eigenvalue weighted by Crippen LogP contribution is -2.45. The first-order valence-electron chi connectivity index (χ1n) is 8.87. The SMILES string of the molecule is Cc1c(Cl)cccc1NC(=O)COC(=O)C(NC(=O)c1ccccc1)C(C)C. The van der Waals surface area contributed by atoms with Gasteiger partial charge in [0.05, 0.1) is 0 Å². The van der Waals surface area contributed by atoms with Crippen LogP contribution in [0.4, 0.5) is 5.69 Å². The van der Waals surface area contributed by atoms with Gasteiger partial charge in [-0.2, -0.15) is 0 Å². The molecule has 2 aromatic carbocycles. The van der Waals surface area contributed by atoms with Gasteiger partial charge in [-0.3, -0.25) is 9.59 Å². The van der Waals surface area contributed by atoms with Crippen LogP contribution in [0.15, 0.2) is 48.5 Å². The maximum atomic E-state index is 12.4. The van der Waals surface area contributed by atoms with Gasteiger partial charge < -0.3 is 15.4 Å². The van der Waals surface area contributed by atoms with Gasteiger partial charge in [0, 0.05) is 16.3 Å². The molecule has 2 aromatic rings. The predicted molar refractivity (Wildman–Crippen MR) is 108 cm³/mol. The Balaban J connectivity index is 1.94. The number of carbonyl (C=O) groups is 3. The molecule has 0 fully saturated rings. The summed E-state index contributed by atoms with van der Waals surface area (Å²) >= 11 is 6.02. The number of amides is 2. The summed E-state index contributed by atoms with van der Waals surface area (Å²) in [6.45, 7) is 4.88.